The lowest BCUT2D eigenvalue weighted by Gasteiger charge is -2.11. The van der Waals surface area contributed by atoms with Crippen molar-refractivity contribution in [1.29, 1.82) is 0 Å². The zero-order chi connectivity index (χ0) is 15.2. The number of nitrogens with one attached hydrogen (secondary N) is 1. The van der Waals surface area contributed by atoms with Crippen molar-refractivity contribution in [1.82, 2.24) is 5.32 Å². The van der Waals surface area contributed by atoms with Crippen LogP contribution in [0.25, 0.3) is 0 Å². The van der Waals surface area contributed by atoms with Crippen molar-refractivity contribution >= 4 is 28.6 Å². The van der Waals surface area contributed by atoms with E-state index in [-0.39, 0.29) is 18.6 Å². The molecular formula is C16H17NO2S2. The van der Waals surface area contributed by atoms with E-state index in [1.165, 1.54) is 21.1 Å². The lowest BCUT2D eigenvalue weighted by molar-refractivity contribution is 0.0944. The molecule has 0 fully saturated rings. The molecule has 0 saturated heterocycles. The van der Waals surface area contributed by atoms with E-state index in [1.54, 1.807) is 23.5 Å². The number of carbonyl (C=O) groups is 1. The highest BCUT2D eigenvalue weighted by molar-refractivity contribution is 7.14. The quantitative estimate of drug-likeness (QED) is 0.852. The first kappa shape index (κ1) is 15.8. The van der Waals surface area contributed by atoms with Crippen LogP contribution in [0.2, 0.25) is 0 Å². The Kier molecular flexibility index (Phi) is 5.57. The second kappa shape index (κ2) is 7.41. The van der Waals surface area contributed by atoms with Crippen molar-refractivity contribution in [2.24, 2.45) is 0 Å². The summed E-state index contributed by atoms with van der Waals surface area (Å²) < 4.78 is 0. The zero-order valence-electron chi connectivity index (χ0n) is 12.0. The first-order chi connectivity index (χ1) is 10.1. The Morgan fingerprint density at radius 2 is 2.14 bits per heavy atom. The number of aliphatic hydroxyl groups is 1. The Morgan fingerprint density at radius 3 is 2.81 bits per heavy atom. The van der Waals surface area contributed by atoms with Crippen LogP contribution < -0.4 is 5.32 Å². The van der Waals surface area contributed by atoms with Crippen LogP contribution in [0.3, 0.4) is 0 Å². The van der Waals surface area contributed by atoms with E-state index >= 15 is 0 Å². The fourth-order valence-corrected chi connectivity index (χ4v) is 3.70. The molecule has 0 radical (unpaired) electrons. The van der Waals surface area contributed by atoms with E-state index in [4.69, 9.17) is 5.11 Å². The minimum atomic E-state index is -0.170. The van der Waals surface area contributed by atoms with Crippen LogP contribution in [0.1, 0.15) is 31.2 Å². The number of aryl methyl sites for hydroxylation is 1. The van der Waals surface area contributed by atoms with Crippen LogP contribution in [0.4, 0.5) is 0 Å². The summed E-state index contributed by atoms with van der Waals surface area (Å²) in [5, 5.41) is 11.7. The molecule has 1 amide bonds. The molecule has 0 aliphatic rings. The molecule has 2 aromatic heterocycles. The maximum Gasteiger partial charge on any atom is 0.261 e. The Morgan fingerprint density at radius 1 is 1.33 bits per heavy atom. The molecule has 0 aromatic carbocycles. The first-order valence-electron chi connectivity index (χ1n) is 6.64. The van der Waals surface area contributed by atoms with Gasteiger partial charge < -0.3 is 10.4 Å². The van der Waals surface area contributed by atoms with Crippen LogP contribution in [-0.4, -0.2) is 23.7 Å². The van der Waals surface area contributed by atoms with Gasteiger partial charge in [-0.3, -0.25) is 4.79 Å². The van der Waals surface area contributed by atoms with Crippen LogP contribution in [0, 0.1) is 18.8 Å². The SMILES string of the molecule is Cc1ccc(CC(C)NC(=O)c2ccc(C#CCO)s2)s1. The van der Waals surface area contributed by atoms with Gasteiger partial charge in [0.2, 0.25) is 0 Å². The minimum Gasteiger partial charge on any atom is -0.384 e. The van der Waals surface area contributed by atoms with Crippen molar-refractivity contribution in [3.05, 3.63) is 43.8 Å². The number of amides is 1. The predicted molar refractivity (Wildman–Crippen MR) is 88.0 cm³/mol. The Hall–Kier alpha value is -1.61. The molecule has 2 aromatic rings. The Balaban J connectivity index is 1.92. The van der Waals surface area contributed by atoms with Gasteiger partial charge in [-0.2, -0.15) is 0 Å². The summed E-state index contributed by atoms with van der Waals surface area (Å²) in [6.07, 6.45) is 0.840. The number of hydrogen-bond acceptors (Lipinski definition) is 4. The fraction of sp³-hybridized carbons (Fsp3) is 0.312. The average Bonchev–Trinajstić information content (AvgIpc) is 3.05. The first-order valence-corrected chi connectivity index (χ1v) is 8.27. The summed E-state index contributed by atoms with van der Waals surface area (Å²) in [7, 11) is 0. The summed E-state index contributed by atoms with van der Waals surface area (Å²) in [4.78, 5) is 16.1. The molecule has 1 atom stereocenters. The van der Waals surface area contributed by atoms with Gasteiger partial charge in [-0.05, 0) is 38.1 Å². The molecule has 0 aliphatic heterocycles. The maximum atomic E-state index is 12.1. The zero-order valence-corrected chi connectivity index (χ0v) is 13.6. The van der Waals surface area contributed by atoms with Crippen molar-refractivity contribution in [3.63, 3.8) is 0 Å². The van der Waals surface area contributed by atoms with Crippen molar-refractivity contribution in [2.75, 3.05) is 6.61 Å². The second-order valence-electron chi connectivity index (χ2n) is 4.71. The molecule has 5 heteroatoms. The van der Waals surface area contributed by atoms with Crippen LogP contribution in [0.15, 0.2) is 24.3 Å². The number of rotatable bonds is 4. The van der Waals surface area contributed by atoms with Gasteiger partial charge in [-0.1, -0.05) is 11.8 Å². The third kappa shape index (κ3) is 4.71. The van der Waals surface area contributed by atoms with Gasteiger partial charge in [0.1, 0.15) is 6.61 Å². The molecule has 3 nitrogen and oxygen atoms in total. The highest BCUT2D eigenvalue weighted by atomic mass is 32.1. The largest absolute Gasteiger partial charge is 0.384 e. The summed E-state index contributed by atoms with van der Waals surface area (Å²) in [5.41, 5.74) is 0. The van der Waals surface area contributed by atoms with Gasteiger partial charge in [0.15, 0.2) is 0 Å². The molecule has 0 spiro atoms. The van der Waals surface area contributed by atoms with Crippen molar-refractivity contribution < 1.29 is 9.90 Å². The van der Waals surface area contributed by atoms with Crippen molar-refractivity contribution in [2.45, 2.75) is 26.3 Å². The average molecular weight is 319 g/mol. The minimum absolute atomic E-state index is 0.0715. The van der Waals surface area contributed by atoms with Crippen LogP contribution >= 0.6 is 22.7 Å². The second-order valence-corrected chi connectivity index (χ2v) is 7.17. The summed E-state index contributed by atoms with van der Waals surface area (Å²) >= 11 is 3.10. The van der Waals surface area contributed by atoms with Gasteiger partial charge in [-0.15, -0.1) is 22.7 Å². The smallest absolute Gasteiger partial charge is 0.261 e. The fourth-order valence-electron chi connectivity index (χ4n) is 1.90. The lowest BCUT2D eigenvalue weighted by Crippen LogP contribution is -2.33. The molecular weight excluding hydrogens is 302 g/mol. The molecule has 21 heavy (non-hydrogen) atoms. The normalized spacial score (nSPS) is 11.6. The lowest BCUT2D eigenvalue weighted by atomic mass is 10.2. The summed E-state index contributed by atoms with van der Waals surface area (Å²) in [6.45, 7) is 3.92. The van der Waals surface area contributed by atoms with Crippen LogP contribution in [0.5, 0.6) is 0 Å². The number of carbonyl (C=O) groups excluding carboxylic acids is 1. The molecule has 0 aliphatic carbocycles. The van der Waals surface area contributed by atoms with Gasteiger partial charge >= 0.3 is 0 Å². The number of thiophene rings is 2. The van der Waals surface area contributed by atoms with E-state index in [2.05, 4.69) is 36.2 Å². The van der Waals surface area contributed by atoms with Crippen LogP contribution in [-0.2, 0) is 6.42 Å². The van der Waals surface area contributed by atoms with Gasteiger partial charge in [0, 0.05) is 22.2 Å². The Bertz CT molecular complexity index is 676. The van der Waals surface area contributed by atoms with E-state index in [9.17, 15) is 4.79 Å². The highest BCUT2D eigenvalue weighted by Crippen LogP contribution is 2.18. The monoisotopic (exact) mass is 319 g/mol. The number of hydrogen-bond donors (Lipinski definition) is 2. The molecule has 2 N–H and O–H groups in total. The third-order valence-electron chi connectivity index (χ3n) is 2.80. The standard InChI is InChI=1S/C16H17NO2S2/c1-11(10-14-6-5-12(2)20-14)17-16(19)15-8-7-13(21-15)4-3-9-18/h5-8,11,18H,9-10H2,1-2H3,(H,17,19). The maximum absolute atomic E-state index is 12.1. The molecule has 0 bridgehead atoms. The topological polar surface area (TPSA) is 49.3 Å². The molecule has 2 heterocycles. The van der Waals surface area contributed by atoms with E-state index in [0.29, 0.717) is 4.88 Å². The van der Waals surface area contributed by atoms with E-state index in [0.717, 1.165) is 11.3 Å². The predicted octanol–water partition coefficient (Wildman–Crippen LogP) is 2.82. The van der Waals surface area contributed by atoms with Crippen molar-refractivity contribution in [3.8, 4) is 11.8 Å². The summed E-state index contributed by atoms with van der Waals surface area (Å²) in [6, 6.07) is 7.86. The molecule has 0 saturated carbocycles. The molecule has 1 unspecified atom stereocenters. The van der Waals surface area contributed by atoms with Gasteiger partial charge in [0.05, 0.1) is 9.75 Å². The van der Waals surface area contributed by atoms with E-state index < -0.39 is 0 Å². The molecule has 2 rings (SSSR count). The molecule has 110 valence electrons. The van der Waals surface area contributed by atoms with E-state index in [1.807, 2.05) is 6.92 Å². The van der Waals surface area contributed by atoms with Gasteiger partial charge in [-0.25, -0.2) is 0 Å². The third-order valence-corrected chi connectivity index (χ3v) is 4.82. The van der Waals surface area contributed by atoms with Gasteiger partial charge in [0.25, 0.3) is 5.91 Å². The number of aliphatic hydroxyl groups excluding tert-OH is 1. The summed E-state index contributed by atoms with van der Waals surface area (Å²) in [5.74, 6) is 5.31. The highest BCUT2D eigenvalue weighted by Gasteiger charge is 2.13. The Labute approximate surface area is 132 Å².